The van der Waals surface area contributed by atoms with E-state index in [0.717, 1.165) is 17.3 Å². The summed E-state index contributed by atoms with van der Waals surface area (Å²) in [5.41, 5.74) is 9.89. The van der Waals surface area contributed by atoms with E-state index in [-0.39, 0.29) is 12.1 Å². The van der Waals surface area contributed by atoms with E-state index in [1.807, 2.05) is 18.2 Å². The number of hydrogen-bond donors (Lipinski definition) is 1. The molecular formula is C18H21ClN2O. The van der Waals surface area contributed by atoms with Gasteiger partial charge in [0.05, 0.1) is 7.11 Å². The van der Waals surface area contributed by atoms with Gasteiger partial charge in [0, 0.05) is 30.2 Å². The zero-order chi connectivity index (χ0) is 15.7. The number of ether oxygens (including phenoxy) is 1. The number of halogens is 1. The summed E-state index contributed by atoms with van der Waals surface area (Å²) in [6.07, 6.45) is 0. The molecule has 22 heavy (non-hydrogen) atoms. The van der Waals surface area contributed by atoms with E-state index >= 15 is 0 Å². The Morgan fingerprint density at radius 3 is 2.64 bits per heavy atom. The third-order valence-corrected chi connectivity index (χ3v) is 4.77. The van der Waals surface area contributed by atoms with Gasteiger partial charge >= 0.3 is 0 Å². The number of benzene rings is 2. The molecular weight excluding hydrogens is 296 g/mol. The van der Waals surface area contributed by atoms with Gasteiger partial charge in [0.2, 0.25) is 0 Å². The smallest absolute Gasteiger partial charge is 0.118 e. The Hall–Kier alpha value is -1.55. The molecule has 2 atom stereocenters. The minimum absolute atomic E-state index is 0.214. The van der Waals surface area contributed by atoms with Gasteiger partial charge < -0.3 is 10.5 Å². The number of nitrogens with zero attached hydrogens (tertiary/aromatic N) is 1. The summed E-state index contributed by atoms with van der Waals surface area (Å²) in [6.45, 7) is 3.72. The van der Waals surface area contributed by atoms with Crippen molar-refractivity contribution in [2.24, 2.45) is 5.73 Å². The fraction of sp³-hybridized carbons (Fsp3) is 0.333. The van der Waals surface area contributed by atoms with E-state index in [1.54, 1.807) is 7.11 Å². The summed E-state index contributed by atoms with van der Waals surface area (Å²) in [4.78, 5) is 2.43. The van der Waals surface area contributed by atoms with Crippen LogP contribution in [0.5, 0.6) is 5.75 Å². The Labute approximate surface area is 136 Å². The highest BCUT2D eigenvalue weighted by Crippen LogP contribution is 2.40. The van der Waals surface area contributed by atoms with Crippen LogP contribution >= 0.6 is 11.6 Å². The minimum Gasteiger partial charge on any atom is -0.497 e. The number of rotatable bonds is 4. The van der Waals surface area contributed by atoms with Gasteiger partial charge in [0.25, 0.3) is 0 Å². The van der Waals surface area contributed by atoms with Gasteiger partial charge in [-0.15, -0.1) is 0 Å². The lowest BCUT2D eigenvalue weighted by Gasteiger charge is -2.30. The van der Waals surface area contributed by atoms with Crippen molar-refractivity contribution in [3.63, 3.8) is 0 Å². The summed E-state index contributed by atoms with van der Waals surface area (Å²) in [6, 6.07) is 14.9. The third kappa shape index (κ3) is 2.72. The Bertz CT molecular complexity index is 657. The Morgan fingerprint density at radius 2 is 2.00 bits per heavy atom. The molecule has 3 rings (SSSR count). The van der Waals surface area contributed by atoms with Crippen molar-refractivity contribution >= 4 is 11.6 Å². The van der Waals surface area contributed by atoms with E-state index in [1.165, 1.54) is 16.7 Å². The minimum atomic E-state index is 0.214. The zero-order valence-electron chi connectivity index (χ0n) is 12.9. The molecule has 1 aliphatic heterocycles. The molecule has 0 aromatic heterocycles. The summed E-state index contributed by atoms with van der Waals surface area (Å²) >= 11 is 6.15. The molecule has 2 aromatic rings. The highest BCUT2D eigenvalue weighted by Gasteiger charge is 2.32. The summed E-state index contributed by atoms with van der Waals surface area (Å²) < 4.78 is 5.23. The molecule has 1 aliphatic rings. The van der Waals surface area contributed by atoms with E-state index in [2.05, 4.69) is 36.1 Å². The fourth-order valence-corrected chi connectivity index (χ4v) is 3.43. The lowest BCUT2D eigenvalue weighted by Crippen LogP contribution is -2.30. The second kappa shape index (κ2) is 6.29. The first-order valence-electron chi connectivity index (χ1n) is 7.52. The largest absolute Gasteiger partial charge is 0.497 e. The molecule has 0 fully saturated rings. The molecule has 116 valence electrons. The average molecular weight is 317 g/mol. The molecule has 2 aromatic carbocycles. The summed E-state index contributed by atoms with van der Waals surface area (Å²) in [7, 11) is 1.68. The molecule has 3 nitrogen and oxygen atoms in total. The zero-order valence-corrected chi connectivity index (χ0v) is 13.7. The van der Waals surface area contributed by atoms with Crippen molar-refractivity contribution in [3.8, 4) is 5.75 Å². The summed E-state index contributed by atoms with van der Waals surface area (Å²) in [5, 5.41) is 0.774. The van der Waals surface area contributed by atoms with Crippen molar-refractivity contribution in [2.45, 2.75) is 25.6 Å². The maximum Gasteiger partial charge on any atom is 0.118 e. The molecule has 0 radical (unpaired) electrons. The highest BCUT2D eigenvalue weighted by molar-refractivity contribution is 6.30. The van der Waals surface area contributed by atoms with Crippen LogP contribution in [-0.4, -0.2) is 18.6 Å². The molecule has 0 spiro atoms. The predicted octanol–water partition coefficient (Wildman–Crippen LogP) is 3.93. The second-order valence-corrected chi connectivity index (χ2v) is 6.15. The van der Waals surface area contributed by atoms with Gasteiger partial charge in [-0.2, -0.15) is 0 Å². The normalized spacial score (nSPS) is 19.0. The molecule has 2 unspecified atom stereocenters. The van der Waals surface area contributed by atoms with Gasteiger partial charge in [-0.25, -0.2) is 0 Å². The molecule has 4 heteroatoms. The number of methoxy groups -OCH3 is 1. The first-order valence-corrected chi connectivity index (χ1v) is 7.90. The van der Waals surface area contributed by atoms with E-state index < -0.39 is 0 Å². The molecule has 0 amide bonds. The maximum absolute atomic E-state index is 6.15. The van der Waals surface area contributed by atoms with Gasteiger partial charge in [-0.05, 0) is 47.9 Å². The number of hydrogen-bond acceptors (Lipinski definition) is 3. The Balaban J connectivity index is 1.88. The van der Waals surface area contributed by atoms with Crippen LogP contribution in [0.1, 0.15) is 35.7 Å². The molecule has 0 bridgehead atoms. The molecule has 1 heterocycles. The van der Waals surface area contributed by atoms with Crippen molar-refractivity contribution in [1.29, 1.82) is 0 Å². The lowest BCUT2D eigenvalue weighted by atomic mass is 10.0. The standard InChI is InChI=1S/C18H21ClN2O/c1-12(13-4-7-16(22-2)8-5-13)21-11-14-3-6-15(19)9-17(14)18(21)10-20/h3-9,12,18H,10-11,20H2,1-2H3. The first kappa shape index (κ1) is 15.3. The topological polar surface area (TPSA) is 38.5 Å². The maximum atomic E-state index is 6.15. The third-order valence-electron chi connectivity index (χ3n) is 4.54. The van der Waals surface area contributed by atoms with Crippen LogP contribution in [0.2, 0.25) is 5.02 Å². The van der Waals surface area contributed by atoms with Gasteiger partial charge in [-0.1, -0.05) is 29.8 Å². The number of nitrogens with two attached hydrogens (primary N) is 1. The fourth-order valence-electron chi connectivity index (χ4n) is 3.25. The Morgan fingerprint density at radius 1 is 1.27 bits per heavy atom. The first-order chi connectivity index (χ1) is 10.6. The van der Waals surface area contributed by atoms with Crippen molar-refractivity contribution in [2.75, 3.05) is 13.7 Å². The van der Waals surface area contributed by atoms with Crippen LogP contribution in [0.25, 0.3) is 0 Å². The second-order valence-electron chi connectivity index (χ2n) is 5.72. The van der Waals surface area contributed by atoms with Crippen molar-refractivity contribution in [3.05, 3.63) is 64.2 Å². The van der Waals surface area contributed by atoms with Crippen LogP contribution in [0, 0.1) is 0 Å². The predicted molar refractivity (Wildman–Crippen MR) is 90.2 cm³/mol. The van der Waals surface area contributed by atoms with Gasteiger partial charge in [0.15, 0.2) is 0 Å². The van der Waals surface area contributed by atoms with Crippen LogP contribution in [0.3, 0.4) is 0 Å². The van der Waals surface area contributed by atoms with E-state index in [4.69, 9.17) is 22.1 Å². The van der Waals surface area contributed by atoms with Gasteiger partial charge in [0.1, 0.15) is 5.75 Å². The summed E-state index contributed by atoms with van der Waals surface area (Å²) in [5.74, 6) is 0.878. The number of fused-ring (bicyclic) bond motifs is 1. The molecule has 0 aliphatic carbocycles. The van der Waals surface area contributed by atoms with Crippen molar-refractivity contribution in [1.82, 2.24) is 4.90 Å². The lowest BCUT2D eigenvalue weighted by molar-refractivity contribution is 0.161. The van der Waals surface area contributed by atoms with Gasteiger partial charge in [-0.3, -0.25) is 4.90 Å². The molecule has 2 N–H and O–H groups in total. The molecule has 0 saturated carbocycles. The quantitative estimate of drug-likeness (QED) is 0.929. The van der Waals surface area contributed by atoms with E-state index in [0.29, 0.717) is 6.54 Å². The SMILES string of the molecule is COc1ccc(C(C)N2Cc3ccc(Cl)cc3C2CN)cc1. The van der Waals surface area contributed by atoms with Crippen LogP contribution in [0.4, 0.5) is 0 Å². The van der Waals surface area contributed by atoms with Crippen LogP contribution in [0.15, 0.2) is 42.5 Å². The Kier molecular flexibility index (Phi) is 4.39. The molecule has 0 saturated heterocycles. The average Bonchev–Trinajstić information content (AvgIpc) is 2.91. The van der Waals surface area contributed by atoms with Crippen LogP contribution in [-0.2, 0) is 6.54 Å². The van der Waals surface area contributed by atoms with Crippen molar-refractivity contribution < 1.29 is 4.74 Å². The van der Waals surface area contributed by atoms with Crippen LogP contribution < -0.4 is 10.5 Å². The van der Waals surface area contributed by atoms with E-state index in [9.17, 15) is 0 Å². The monoisotopic (exact) mass is 316 g/mol. The highest BCUT2D eigenvalue weighted by atomic mass is 35.5.